The number of carbonyl (C=O) groups is 2. The molecule has 1 aliphatic rings. The van der Waals surface area contributed by atoms with Crippen LogP contribution >= 0.6 is 0 Å². The number of hydrogen-bond donors (Lipinski definition) is 2. The highest BCUT2D eigenvalue weighted by molar-refractivity contribution is 6.12. The number of nitrogens with two attached hydrogens (primary N) is 1. The van der Waals surface area contributed by atoms with Crippen LogP contribution in [-0.4, -0.2) is 39.8 Å². The van der Waals surface area contributed by atoms with Crippen molar-refractivity contribution in [2.45, 2.75) is 6.92 Å². The molecule has 0 radical (unpaired) electrons. The Labute approximate surface area is 153 Å². The van der Waals surface area contributed by atoms with Gasteiger partial charge >= 0.3 is 0 Å². The van der Waals surface area contributed by atoms with Gasteiger partial charge in [-0.05, 0) is 24.3 Å². The van der Waals surface area contributed by atoms with Gasteiger partial charge in [0.15, 0.2) is 0 Å². The molecule has 1 aliphatic heterocycles. The van der Waals surface area contributed by atoms with Gasteiger partial charge in [0.05, 0.1) is 4.92 Å². The number of nitro benzene ring substituents is 1. The molecular weight excluding hydrogens is 356 g/mol. The van der Waals surface area contributed by atoms with Crippen LogP contribution in [0.15, 0.2) is 51.5 Å². The fourth-order valence-corrected chi connectivity index (χ4v) is 2.08. The van der Waals surface area contributed by atoms with Gasteiger partial charge in [-0.3, -0.25) is 24.6 Å². The quantitative estimate of drug-likeness (QED) is 0.475. The fraction of sp³-hybridized carbons (Fsp3) is 0.118. The van der Waals surface area contributed by atoms with Crippen molar-refractivity contribution in [2.24, 2.45) is 10.7 Å². The molecule has 0 bridgehead atoms. The van der Waals surface area contributed by atoms with Gasteiger partial charge in [-0.25, -0.2) is 4.99 Å². The topological polar surface area (TPSA) is 152 Å². The van der Waals surface area contributed by atoms with E-state index in [2.05, 4.69) is 4.99 Å². The number of furan rings is 1. The number of carbonyl (C=O) groups excluding carboxylic acids is 1. The first-order valence-corrected chi connectivity index (χ1v) is 7.57. The molecule has 1 aromatic carbocycles. The van der Waals surface area contributed by atoms with E-state index in [-0.39, 0.29) is 23.3 Å². The molecule has 0 unspecified atom stereocenters. The highest BCUT2D eigenvalue weighted by Crippen LogP contribution is 2.26. The number of nitrogens with zero attached hydrogens (tertiary/aromatic N) is 3. The number of nitro groups is 1. The summed E-state index contributed by atoms with van der Waals surface area (Å²) in [6.07, 6.45) is 1.49. The third-order valence-electron chi connectivity index (χ3n) is 3.37. The molecule has 2 aromatic rings. The van der Waals surface area contributed by atoms with E-state index in [1.165, 1.54) is 30.2 Å². The van der Waals surface area contributed by atoms with Gasteiger partial charge in [-0.2, -0.15) is 0 Å². The third kappa shape index (κ3) is 4.78. The highest BCUT2D eigenvalue weighted by atomic mass is 16.6. The van der Waals surface area contributed by atoms with E-state index in [0.717, 1.165) is 6.92 Å². The minimum absolute atomic E-state index is 0.00653. The second-order valence-electron chi connectivity index (χ2n) is 5.39. The lowest BCUT2D eigenvalue weighted by Gasteiger charge is -2.05. The number of aliphatic carboxylic acids is 1. The molecule has 140 valence electrons. The number of hydrogen-bond acceptors (Lipinski definition) is 7. The summed E-state index contributed by atoms with van der Waals surface area (Å²) in [7, 11) is 1.53. The van der Waals surface area contributed by atoms with Crippen molar-refractivity contribution in [3.63, 3.8) is 0 Å². The lowest BCUT2D eigenvalue weighted by atomic mass is 10.1. The van der Waals surface area contributed by atoms with Gasteiger partial charge in [0.2, 0.25) is 5.96 Å². The predicted molar refractivity (Wildman–Crippen MR) is 96.5 cm³/mol. The van der Waals surface area contributed by atoms with Crippen molar-refractivity contribution in [2.75, 3.05) is 7.05 Å². The maximum Gasteiger partial charge on any atom is 0.300 e. The SMILES string of the molecule is CC(=O)O.CN1C(=O)/C(=C/c2ccc(-c3ccc([N+](=O)[O-])cc3)o2)N=C1N. The van der Waals surface area contributed by atoms with Crippen LogP contribution in [0.5, 0.6) is 0 Å². The van der Waals surface area contributed by atoms with Crippen molar-refractivity contribution >= 4 is 29.6 Å². The Bertz CT molecular complexity index is 939. The van der Waals surface area contributed by atoms with E-state index in [1.807, 2.05) is 0 Å². The van der Waals surface area contributed by atoms with Crippen LogP contribution in [-0.2, 0) is 9.59 Å². The van der Waals surface area contributed by atoms with Gasteiger partial charge in [0.25, 0.3) is 17.6 Å². The molecule has 3 rings (SSSR count). The largest absolute Gasteiger partial charge is 0.481 e. The zero-order valence-corrected chi connectivity index (χ0v) is 14.4. The van der Waals surface area contributed by atoms with Gasteiger partial charge in [0.1, 0.15) is 17.2 Å². The van der Waals surface area contributed by atoms with Gasteiger partial charge < -0.3 is 15.3 Å². The maximum atomic E-state index is 11.9. The molecule has 0 spiro atoms. The zero-order chi connectivity index (χ0) is 20.1. The molecule has 0 aliphatic carbocycles. The lowest BCUT2D eigenvalue weighted by molar-refractivity contribution is -0.384. The number of aliphatic imine (C=N–C) groups is 1. The van der Waals surface area contributed by atoms with Crippen molar-refractivity contribution < 1.29 is 24.0 Å². The van der Waals surface area contributed by atoms with Crippen LogP contribution in [0.3, 0.4) is 0 Å². The maximum absolute atomic E-state index is 11.9. The molecule has 10 heteroatoms. The Kier molecular flexibility index (Phi) is 5.71. The zero-order valence-electron chi connectivity index (χ0n) is 14.4. The minimum Gasteiger partial charge on any atom is -0.481 e. The summed E-state index contributed by atoms with van der Waals surface area (Å²) in [5, 5.41) is 18.1. The summed E-state index contributed by atoms with van der Waals surface area (Å²) in [6, 6.07) is 9.38. The summed E-state index contributed by atoms with van der Waals surface area (Å²) < 4.78 is 5.62. The van der Waals surface area contributed by atoms with Gasteiger partial charge in [-0.15, -0.1) is 0 Å². The molecule has 27 heavy (non-hydrogen) atoms. The molecule has 1 amide bonds. The molecule has 10 nitrogen and oxygen atoms in total. The van der Waals surface area contributed by atoms with Crippen molar-refractivity contribution in [3.05, 3.63) is 58.0 Å². The average molecular weight is 372 g/mol. The number of likely N-dealkylation sites (N-methyl/N-ethyl adjacent to an activating group) is 1. The smallest absolute Gasteiger partial charge is 0.300 e. The molecule has 1 aromatic heterocycles. The van der Waals surface area contributed by atoms with Crippen LogP contribution in [0.4, 0.5) is 5.69 Å². The molecule has 0 saturated carbocycles. The number of carboxylic acid groups (broad SMARTS) is 1. The minimum atomic E-state index is -0.833. The Morgan fingerprint density at radius 1 is 1.30 bits per heavy atom. The number of rotatable bonds is 3. The Morgan fingerprint density at radius 2 is 1.89 bits per heavy atom. The monoisotopic (exact) mass is 372 g/mol. The molecule has 0 atom stereocenters. The number of carboxylic acids is 1. The van der Waals surface area contributed by atoms with E-state index < -0.39 is 10.9 Å². The standard InChI is InChI=1S/C15H12N4O4.C2H4O2/c1-18-14(20)12(17-15(18)16)8-11-6-7-13(23-11)9-2-4-10(5-3-9)19(21)22;1-2(3)4/h2-8H,1H3,(H2,16,17);1H3,(H,3,4)/b12-8-;. The molecule has 0 saturated heterocycles. The van der Waals surface area contributed by atoms with E-state index in [1.54, 1.807) is 24.3 Å². The van der Waals surface area contributed by atoms with Crippen molar-refractivity contribution in [3.8, 4) is 11.3 Å². The lowest BCUT2D eigenvalue weighted by Crippen LogP contribution is -2.33. The fourth-order valence-electron chi connectivity index (χ4n) is 2.08. The number of benzene rings is 1. The summed E-state index contributed by atoms with van der Waals surface area (Å²) in [4.78, 5) is 36.2. The first-order valence-electron chi connectivity index (χ1n) is 7.57. The Hall–Kier alpha value is -3.95. The first-order chi connectivity index (χ1) is 12.7. The predicted octanol–water partition coefficient (Wildman–Crippen LogP) is 2.07. The summed E-state index contributed by atoms with van der Waals surface area (Å²) in [6.45, 7) is 1.08. The van der Waals surface area contributed by atoms with E-state index in [9.17, 15) is 14.9 Å². The van der Waals surface area contributed by atoms with Crippen LogP contribution in [0.25, 0.3) is 17.4 Å². The van der Waals surface area contributed by atoms with Crippen LogP contribution in [0, 0.1) is 10.1 Å². The van der Waals surface area contributed by atoms with E-state index in [4.69, 9.17) is 20.1 Å². The van der Waals surface area contributed by atoms with E-state index in [0.29, 0.717) is 17.1 Å². The summed E-state index contributed by atoms with van der Waals surface area (Å²) in [5.41, 5.74) is 6.46. The highest BCUT2D eigenvalue weighted by Gasteiger charge is 2.25. The average Bonchev–Trinajstić information content (AvgIpc) is 3.16. The Balaban J connectivity index is 0.000000596. The Morgan fingerprint density at radius 3 is 2.37 bits per heavy atom. The molecule has 2 heterocycles. The normalized spacial score (nSPS) is 14.6. The molecule has 0 fully saturated rings. The second-order valence-corrected chi connectivity index (χ2v) is 5.39. The summed E-state index contributed by atoms with van der Waals surface area (Å²) in [5.74, 6) is -0.0461. The van der Waals surface area contributed by atoms with Crippen molar-refractivity contribution in [1.82, 2.24) is 4.90 Å². The van der Waals surface area contributed by atoms with Crippen LogP contribution in [0.2, 0.25) is 0 Å². The summed E-state index contributed by atoms with van der Waals surface area (Å²) >= 11 is 0. The molecule has 3 N–H and O–H groups in total. The van der Waals surface area contributed by atoms with Crippen LogP contribution in [0.1, 0.15) is 12.7 Å². The number of amides is 1. The number of non-ortho nitro benzene ring substituents is 1. The second kappa shape index (κ2) is 7.95. The van der Waals surface area contributed by atoms with Gasteiger partial charge in [0, 0.05) is 37.7 Å². The third-order valence-corrected chi connectivity index (χ3v) is 3.37. The molecular formula is C17H16N4O6. The van der Waals surface area contributed by atoms with Crippen LogP contribution < -0.4 is 5.73 Å². The first kappa shape index (κ1) is 19.4. The number of guanidine groups is 1. The van der Waals surface area contributed by atoms with Gasteiger partial charge in [-0.1, -0.05) is 0 Å². The van der Waals surface area contributed by atoms with Crippen molar-refractivity contribution in [1.29, 1.82) is 0 Å². The van der Waals surface area contributed by atoms with E-state index >= 15 is 0 Å².